The number of rotatable bonds is 0. The van der Waals surface area contributed by atoms with Crippen LogP contribution in [0.15, 0.2) is 6.20 Å². The molecule has 1 aliphatic rings. The first-order valence-electron chi connectivity index (χ1n) is 5.39. The van der Waals surface area contributed by atoms with Gasteiger partial charge in [-0.15, -0.1) is 0 Å². The molecule has 0 bridgehead atoms. The van der Waals surface area contributed by atoms with Gasteiger partial charge in [0.25, 0.3) is 0 Å². The van der Waals surface area contributed by atoms with E-state index in [9.17, 15) is 0 Å². The van der Waals surface area contributed by atoms with Gasteiger partial charge in [0.2, 0.25) is 0 Å². The normalized spacial score (nSPS) is 15.3. The monoisotopic (exact) mass is 180 g/mol. The van der Waals surface area contributed by atoms with Crippen LogP contribution in [0.1, 0.15) is 44.4 Å². The molecule has 0 unspecified atom stereocenters. The van der Waals surface area contributed by atoms with Gasteiger partial charge >= 0.3 is 0 Å². The molecule has 0 radical (unpaired) electrons. The van der Waals surface area contributed by atoms with Crippen LogP contribution in [0.3, 0.4) is 0 Å². The van der Waals surface area contributed by atoms with Crippen LogP contribution in [0, 0.1) is 6.92 Å². The van der Waals surface area contributed by atoms with Crippen molar-refractivity contribution in [2.75, 3.05) is 0 Å². The summed E-state index contributed by atoms with van der Waals surface area (Å²) in [6.45, 7) is 7.29. The van der Waals surface area contributed by atoms with Crippen LogP contribution in [0.5, 0.6) is 0 Å². The summed E-state index contributed by atoms with van der Waals surface area (Å²) >= 11 is 0. The predicted molar refractivity (Wildman–Crippen MR) is 55.9 cm³/mol. The van der Waals surface area contributed by atoms with Crippen LogP contribution in [-0.2, 0) is 13.0 Å². The minimum atomic E-state index is 1.13. The molecule has 0 spiro atoms. The fourth-order valence-corrected chi connectivity index (χ4v) is 1.75. The first-order chi connectivity index (χ1) is 6.38. The van der Waals surface area contributed by atoms with E-state index in [1.54, 1.807) is 0 Å². The van der Waals surface area contributed by atoms with E-state index in [0.29, 0.717) is 0 Å². The molecule has 0 saturated heterocycles. The van der Waals surface area contributed by atoms with Crippen LogP contribution in [-0.4, -0.2) is 9.78 Å². The highest BCUT2D eigenvalue weighted by atomic mass is 15.3. The molecule has 74 valence electrons. The second-order valence-electron chi connectivity index (χ2n) is 3.31. The van der Waals surface area contributed by atoms with E-state index in [-0.39, 0.29) is 0 Å². The number of hydrogen-bond donors (Lipinski definition) is 0. The quantitative estimate of drug-likeness (QED) is 0.600. The Bertz CT molecular complexity index is 251. The molecule has 2 heterocycles. The Kier molecular flexibility index (Phi) is 4.00. The highest BCUT2D eigenvalue weighted by Crippen LogP contribution is 2.16. The molecule has 0 fully saturated rings. The second kappa shape index (κ2) is 5.05. The molecule has 0 aromatic carbocycles. The first kappa shape index (κ1) is 10.3. The first-order valence-corrected chi connectivity index (χ1v) is 5.39. The van der Waals surface area contributed by atoms with E-state index < -0.39 is 0 Å². The molecule has 1 aromatic rings. The molecule has 0 saturated carbocycles. The number of hydrogen-bond acceptors (Lipinski definition) is 1. The minimum absolute atomic E-state index is 1.13. The lowest BCUT2D eigenvalue weighted by atomic mass is 10.1. The van der Waals surface area contributed by atoms with E-state index in [0.717, 1.165) is 6.54 Å². The third-order valence-electron chi connectivity index (χ3n) is 2.44. The Hall–Kier alpha value is -0.790. The SMILES string of the molecule is CC.Cc1cnn2c1CCCCC2. The highest BCUT2D eigenvalue weighted by Gasteiger charge is 2.09. The fourth-order valence-electron chi connectivity index (χ4n) is 1.75. The summed E-state index contributed by atoms with van der Waals surface area (Å²) in [6, 6.07) is 0. The van der Waals surface area contributed by atoms with E-state index in [1.807, 2.05) is 20.0 Å². The number of aromatic nitrogens is 2. The lowest BCUT2D eigenvalue weighted by Gasteiger charge is -2.00. The maximum atomic E-state index is 4.33. The molecule has 0 amide bonds. The van der Waals surface area contributed by atoms with Gasteiger partial charge in [0.1, 0.15) is 0 Å². The molecule has 0 aliphatic carbocycles. The summed E-state index contributed by atoms with van der Waals surface area (Å²) in [5.41, 5.74) is 2.83. The molecular weight excluding hydrogens is 160 g/mol. The maximum absolute atomic E-state index is 4.33. The molecule has 2 nitrogen and oxygen atoms in total. The summed E-state index contributed by atoms with van der Waals surface area (Å²) in [5.74, 6) is 0. The van der Waals surface area contributed by atoms with E-state index in [4.69, 9.17) is 0 Å². The zero-order valence-corrected chi connectivity index (χ0v) is 9.01. The summed E-state index contributed by atoms with van der Waals surface area (Å²) < 4.78 is 2.17. The summed E-state index contributed by atoms with van der Waals surface area (Å²) in [7, 11) is 0. The van der Waals surface area contributed by atoms with Gasteiger partial charge in [-0.05, 0) is 31.7 Å². The lowest BCUT2D eigenvalue weighted by Crippen LogP contribution is -2.01. The molecule has 13 heavy (non-hydrogen) atoms. The maximum Gasteiger partial charge on any atom is 0.0521 e. The van der Waals surface area contributed by atoms with E-state index in [1.165, 1.54) is 36.9 Å². The van der Waals surface area contributed by atoms with Crippen LogP contribution >= 0.6 is 0 Å². The van der Waals surface area contributed by atoms with Gasteiger partial charge < -0.3 is 0 Å². The Morgan fingerprint density at radius 3 is 2.77 bits per heavy atom. The number of aryl methyl sites for hydroxylation is 2. The smallest absolute Gasteiger partial charge is 0.0521 e. The lowest BCUT2D eigenvalue weighted by molar-refractivity contribution is 0.576. The summed E-state index contributed by atoms with van der Waals surface area (Å²) in [6.07, 6.45) is 7.22. The van der Waals surface area contributed by atoms with Gasteiger partial charge in [0.05, 0.1) is 6.20 Å². The van der Waals surface area contributed by atoms with Crippen LogP contribution in [0.2, 0.25) is 0 Å². The average Bonchev–Trinajstić information content (AvgIpc) is 2.44. The Morgan fingerprint density at radius 2 is 2.00 bits per heavy atom. The molecule has 1 aromatic heterocycles. The molecule has 2 heteroatoms. The Labute approximate surface area is 81.0 Å². The van der Waals surface area contributed by atoms with Gasteiger partial charge in [-0.3, -0.25) is 4.68 Å². The van der Waals surface area contributed by atoms with Crippen LogP contribution in [0.25, 0.3) is 0 Å². The standard InChI is InChI=1S/C9H14N2.C2H6/c1-8-7-10-11-6-4-2-3-5-9(8)11;1-2/h7H,2-6H2,1H3;1-2H3. The fraction of sp³-hybridized carbons (Fsp3) is 0.727. The number of nitrogens with zero attached hydrogens (tertiary/aromatic N) is 2. The van der Waals surface area contributed by atoms with Crippen molar-refractivity contribution in [3.63, 3.8) is 0 Å². The van der Waals surface area contributed by atoms with Gasteiger partial charge in [0.15, 0.2) is 0 Å². The van der Waals surface area contributed by atoms with Crippen molar-refractivity contribution in [2.45, 2.75) is 53.0 Å². The van der Waals surface area contributed by atoms with Crippen LogP contribution in [0.4, 0.5) is 0 Å². The topological polar surface area (TPSA) is 17.8 Å². The molecule has 2 rings (SSSR count). The second-order valence-corrected chi connectivity index (χ2v) is 3.31. The Morgan fingerprint density at radius 1 is 1.23 bits per heavy atom. The van der Waals surface area contributed by atoms with Gasteiger partial charge in [-0.1, -0.05) is 20.3 Å². The summed E-state index contributed by atoms with van der Waals surface area (Å²) in [4.78, 5) is 0. The largest absolute Gasteiger partial charge is 0.269 e. The van der Waals surface area contributed by atoms with E-state index in [2.05, 4.69) is 16.7 Å². The number of fused-ring (bicyclic) bond motifs is 1. The molecule has 0 N–H and O–H groups in total. The van der Waals surface area contributed by atoms with Crippen molar-refractivity contribution in [1.29, 1.82) is 0 Å². The Balaban J connectivity index is 0.000000396. The highest BCUT2D eigenvalue weighted by molar-refractivity contribution is 5.16. The van der Waals surface area contributed by atoms with Crippen molar-refractivity contribution in [3.05, 3.63) is 17.5 Å². The third kappa shape index (κ3) is 2.33. The molecule has 1 aliphatic heterocycles. The average molecular weight is 180 g/mol. The molecular formula is C11H20N2. The van der Waals surface area contributed by atoms with Gasteiger partial charge in [0, 0.05) is 12.2 Å². The van der Waals surface area contributed by atoms with Crippen molar-refractivity contribution in [1.82, 2.24) is 9.78 Å². The van der Waals surface area contributed by atoms with Crippen molar-refractivity contribution in [2.24, 2.45) is 0 Å². The van der Waals surface area contributed by atoms with Crippen molar-refractivity contribution in [3.8, 4) is 0 Å². The van der Waals surface area contributed by atoms with Gasteiger partial charge in [-0.25, -0.2) is 0 Å². The summed E-state index contributed by atoms with van der Waals surface area (Å²) in [5, 5.41) is 4.33. The van der Waals surface area contributed by atoms with Gasteiger partial charge in [-0.2, -0.15) is 5.10 Å². The van der Waals surface area contributed by atoms with Crippen molar-refractivity contribution < 1.29 is 0 Å². The molecule has 0 atom stereocenters. The minimum Gasteiger partial charge on any atom is -0.269 e. The van der Waals surface area contributed by atoms with Crippen molar-refractivity contribution >= 4 is 0 Å². The van der Waals surface area contributed by atoms with E-state index >= 15 is 0 Å². The predicted octanol–water partition coefficient (Wildman–Crippen LogP) is 2.94. The third-order valence-corrected chi connectivity index (χ3v) is 2.44. The zero-order valence-electron chi connectivity index (χ0n) is 9.01. The zero-order chi connectivity index (χ0) is 9.68. The van der Waals surface area contributed by atoms with Crippen LogP contribution < -0.4 is 0 Å².